The predicted molar refractivity (Wildman–Crippen MR) is 184 cm³/mol. The SMILES string of the molecule is Cc1ccc(N(CC(=O)N(Cc2cccc(Br)c2)[C@H](Cc2ccccc2)C(=O)NC(C)(C)C)S(=O)(=O)c2ccccc2)cc1Cl. The first-order valence-corrected chi connectivity index (χ1v) is 17.1. The van der Waals surface area contributed by atoms with Gasteiger partial charge in [-0.05, 0) is 80.8 Å². The molecule has 236 valence electrons. The van der Waals surface area contributed by atoms with Gasteiger partial charge in [0.1, 0.15) is 12.6 Å². The highest BCUT2D eigenvalue weighted by Crippen LogP contribution is 2.29. The number of sulfonamides is 1. The van der Waals surface area contributed by atoms with Gasteiger partial charge in [0.2, 0.25) is 11.8 Å². The zero-order chi connectivity index (χ0) is 32.8. The van der Waals surface area contributed by atoms with Gasteiger partial charge in [0.15, 0.2) is 0 Å². The lowest BCUT2D eigenvalue weighted by molar-refractivity contribution is -0.140. The van der Waals surface area contributed by atoms with Crippen LogP contribution >= 0.6 is 27.5 Å². The summed E-state index contributed by atoms with van der Waals surface area (Å²) in [6.45, 7) is 6.95. The molecule has 0 radical (unpaired) electrons. The van der Waals surface area contributed by atoms with Crippen molar-refractivity contribution in [2.45, 2.75) is 57.1 Å². The van der Waals surface area contributed by atoms with Crippen molar-refractivity contribution in [1.82, 2.24) is 10.2 Å². The standard InChI is InChI=1S/C35H37BrClN3O4S/c1-25-18-19-29(22-31(25)37)40(45(43,44)30-16-9-6-10-17-30)24-33(41)39(23-27-14-11-15-28(36)20-27)32(34(42)38-35(2,3)4)21-26-12-7-5-8-13-26/h5-20,22,32H,21,23-24H2,1-4H3,(H,38,42)/t32-/m1/s1. The molecule has 0 aliphatic heterocycles. The van der Waals surface area contributed by atoms with Crippen LogP contribution in [0.15, 0.2) is 112 Å². The van der Waals surface area contributed by atoms with Gasteiger partial charge in [-0.3, -0.25) is 13.9 Å². The van der Waals surface area contributed by atoms with Gasteiger partial charge >= 0.3 is 0 Å². The van der Waals surface area contributed by atoms with Crippen molar-refractivity contribution in [3.63, 3.8) is 0 Å². The fraction of sp³-hybridized carbons (Fsp3) is 0.257. The van der Waals surface area contributed by atoms with Crippen LogP contribution in [0, 0.1) is 6.92 Å². The maximum absolute atomic E-state index is 14.5. The minimum atomic E-state index is -4.21. The van der Waals surface area contributed by atoms with E-state index in [0.29, 0.717) is 5.02 Å². The third-order valence-corrected chi connectivity index (χ3v) is 9.75. The Morgan fingerprint density at radius 3 is 2.09 bits per heavy atom. The Balaban J connectivity index is 1.83. The summed E-state index contributed by atoms with van der Waals surface area (Å²) in [5.41, 5.74) is 2.07. The van der Waals surface area contributed by atoms with Gasteiger partial charge in [0.05, 0.1) is 10.6 Å². The van der Waals surface area contributed by atoms with Crippen LogP contribution in [-0.4, -0.2) is 43.3 Å². The topological polar surface area (TPSA) is 86.8 Å². The molecule has 7 nitrogen and oxygen atoms in total. The minimum Gasteiger partial charge on any atom is -0.350 e. The van der Waals surface area contributed by atoms with Crippen molar-refractivity contribution >= 4 is 55.1 Å². The van der Waals surface area contributed by atoms with E-state index in [0.717, 1.165) is 25.5 Å². The van der Waals surface area contributed by atoms with E-state index in [1.165, 1.54) is 23.1 Å². The lowest BCUT2D eigenvalue weighted by atomic mass is 10.0. The average Bonchev–Trinajstić information content (AvgIpc) is 2.99. The van der Waals surface area contributed by atoms with Crippen LogP contribution in [-0.2, 0) is 32.6 Å². The highest BCUT2D eigenvalue weighted by molar-refractivity contribution is 9.10. The van der Waals surface area contributed by atoms with E-state index < -0.39 is 34.1 Å². The molecular formula is C35H37BrClN3O4S. The smallest absolute Gasteiger partial charge is 0.264 e. The third kappa shape index (κ3) is 9.19. The maximum Gasteiger partial charge on any atom is 0.264 e. The molecule has 4 aromatic rings. The number of amides is 2. The number of hydrogen-bond donors (Lipinski definition) is 1. The molecular weight excluding hydrogens is 674 g/mol. The quantitative estimate of drug-likeness (QED) is 0.179. The molecule has 0 saturated carbocycles. The van der Waals surface area contributed by atoms with Crippen molar-refractivity contribution in [2.75, 3.05) is 10.8 Å². The molecule has 4 aromatic carbocycles. The van der Waals surface area contributed by atoms with Gasteiger partial charge in [-0.1, -0.05) is 94.3 Å². The first kappa shape index (κ1) is 34.2. The number of nitrogens with one attached hydrogen (secondary N) is 1. The number of rotatable bonds is 11. The van der Waals surface area contributed by atoms with Crippen LogP contribution in [0.5, 0.6) is 0 Å². The van der Waals surface area contributed by atoms with Gasteiger partial charge in [0, 0.05) is 28.0 Å². The van der Waals surface area contributed by atoms with Gasteiger partial charge < -0.3 is 10.2 Å². The highest BCUT2D eigenvalue weighted by atomic mass is 79.9. The van der Waals surface area contributed by atoms with E-state index in [2.05, 4.69) is 21.2 Å². The van der Waals surface area contributed by atoms with Crippen LogP contribution in [0.3, 0.4) is 0 Å². The molecule has 45 heavy (non-hydrogen) atoms. The summed E-state index contributed by atoms with van der Waals surface area (Å²) in [6.07, 6.45) is 0.226. The molecule has 4 rings (SSSR count). The van der Waals surface area contributed by atoms with E-state index in [-0.39, 0.29) is 29.5 Å². The van der Waals surface area contributed by atoms with E-state index in [1.54, 1.807) is 30.3 Å². The summed E-state index contributed by atoms with van der Waals surface area (Å²) in [4.78, 5) is 30.0. The molecule has 0 aliphatic rings. The largest absolute Gasteiger partial charge is 0.350 e. The normalized spacial score (nSPS) is 12.3. The summed E-state index contributed by atoms with van der Waals surface area (Å²) in [7, 11) is -4.21. The second-order valence-corrected chi connectivity index (χ2v) is 15.0. The highest BCUT2D eigenvalue weighted by Gasteiger charge is 2.35. The monoisotopic (exact) mass is 709 g/mol. The lowest BCUT2D eigenvalue weighted by Crippen LogP contribution is -2.56. The number of carbonyl (C=O) groups is 2. The van der Waals surface area contributed by atoms with Crippen LogP contribution in [0.2, 0.25) is 5.02 Å². The number of halogens is 2. The van der Waals surface area contributed by atoms with E-state index in [1.807, 2.05) is 82.3 Å². The number of hydrogen-bond acceptors (Lipinski definition) is 4. The number of benzene rings is 4. The summed E-state index contributed by atoms with van der Waals surface area (Å²) in [6, 6.07) is 28.8. The van der Waals surface area contributed by atoms with Crippen LogP contribution < -0.4 is 9.62 Å². The van der Waals surface area contributed by atoms with Crippen molar-refractivity contribution in [3.05, 3.63) is 129 Å². The molecule has 0 aromatic heterocycles. The molecule has 0 saturated heterocycles. The second kappa shape index (κ2) is 14.6. The zero-order valence-corrected chi connectivity index (χ0v) is 28.9. The Labute approximate surface area is 279 Å². The maximum atomic E-state index is 14.5. The molecule has 0 bridgehead atoms. The van der Waals surface area contributed by atoms with E-state index in [9.17, 15) is 18.0 Å². The number of aryl methyl sites for hydroxylation is 1. The van der Waals surface area contributed by atoms with Crippen LogP contribution in [0.25, 0.3) is 0 Å². The van der Waals surface area contributed by atoms with Crippen molar-refractivity contribution in [1.29, 1.82) is 0 Å². The van der Waals surface area contributed by atoms with Crippen molar-refractivity contribution in [3.8, 4) is 0 Å². The van der Waals surface area contributed by atoms with E-state index >= 15 is 0 Å². The predicted octanol–water partition coefficient (Wildman–Crippen LogP) is 7.16. The minimum absolute atomic E-state index is 0.0272. The van der Waals surface area contributed by atoms with Crippen LogP contribution in [0.1, 0.15) is 37.5 Å². The van der Waals surface area contributed by atoms with Gasteiger partial charge in [-0.2, -0.15) is 0 Å². The molecule has 0 fully saturated rings. The Hall–Kier alpha value is -3.66. The Morgan fingerprint density at radius 1 is 0.867 bits per heavy atom. The summed E-state index contributed by atoms with van der Waals surface area (Å²) in [5.74, 6) is -0.887. The molecule has 1 atom stereocenters. The van der Waals surface area contributed by atoms with Crippen molar-refractivity contribution in [2.24, 2.45) is 0 Å². The van der Waals surface area contributed by atoms with Gasteiger partial charge in [0.25, 0.3) is 10.0 Å². The average molecular weight is 711 g/mol. The van der Waals surface area contributed by atoms with Crippen molar-refractivity contribution < 1.29 is 18.0 Å². The van der Waals surface area contributed by atoms with Crippen LogP contribution in [0.4, 0.5) is 5.69 Å². The molecule has 0 unspecified atom stereocenters. The molecule has 1 N–H and O–H groups in total. The molecule has 0 heterocycles. The summed E-state index contributed by atoms with van der Waals surface area (Å²) < 4.78 is 30.1. The third-order valence-electron chi connectivity index (χ3n) is 7.06. The van der Waals surface area contributed by atoms with Gasteiger partial charge in [-0.25, -0.2) is 8.42 Å². The Morgan fingerprint density at radius 2 is 1.49 bits per heavy atom. The zero-order valence-electron chi connectivity index (χ0n) is 25.7. The first-order valence-electron chi connectivity index (χ1n) is 14.5. The second-order valence-electron chi connectivity index (χ2n) is 11.9. The fourth-order valence-electron chi connectivity index (χ4n) is 4.82. The molecule has 0 spiro atoms. The number of carbonyl (C=O) groups excluding carboxylic acids is 2. The molecule has 0 aliphatic carbocycles. The summed E-state index contributed by atoms with van der Waals surface area (Å²) >= 11 is 9.95. The Kier molecular flexibility index (Phi) is 11.1. The number of anilines is 1. The molecule has 10 heteroatoms. The van der Waals surface area contributed by atoms with Gasteiger partial charge in [-0.15, -0.1) is 0 Å². The summed E-state index contributed by atoms with van der Waals surface area (Å²) in [5, 5.41) is 3.40. The lowest BCUT2D eigenvalue weighted by Gasteiger charge is -2.35. The Bertz CT molecular complexity index is 1750. The molecule has 2 amide bonds. The van der Waals surface area contributed by atoms with E-state index in [4.69, 9.17) is 11.6 Å². The fourth-order valence-corrected chi connectivity index (χ4v) is 6.87. The number of nitrogens with zero attached hydrogens (tertiary/aromatic N) is 2. The first-order chi connectivity index (χ1) is 21.2.